The van der Waals surface area contributed by atoms with Crippen LogP contribution in [0.3, 0.4) is 0 Å². The second kappa shape index (κ2) is 11.2. The standard InChI is InChI=1S/C24H22N4O5S/c1-31-20-7-4-17(14-27-20)22-23(33-21(28-22)15-34-19-8-10-25-11-9-19)16-2-5-18(6-3-16)32-13-12-26-24(29)30/h2-11,14,26H,12-13,15H2,1H3,(H,29,30). The van der Waals surface area contributed by atoms with Crippen molar-refractivity contribution in [1.82, 2.24) is 20.3 Å². The number of methoxy groups -OCH3 is 1. The van der Waals surface area contributed by atoms with Crippen LogP contribution in [0.1, 0.15) is 5.89 Å². The van der Waals surface area contributed by atoms with Gasteiger partial charge in [-0.2, -0.15) is 0 Å². The maximum absolute atomic E-state index is 10.5. The second-order valence-corrected chi connectivity index (χ2v) is 8.00. The van der Waals surface area contributed by atoms with Gasteiger partial charge >= 0.3 is 6.09 Å². The third-order valence-corrected chi connectivity index (χ3v) is 5.66. The lowest BCUT2D eigenvalue weighted by Crippen LogP contribution is -2.26. The second-order valence-electron chi connectivity index (χ2n) is 6.95. The lowest BCUT2D eigenvalue weighted by atomic mass is 10.1. The van der Waals surface area contributed by atoms with E-state index in [0.717, 1.165) is 16.0 Å². The number of rotatable bonds is 10. The highest BCUT2D eigenvalue weighted by atomic mass is 32.2. The predicted molar refractivity (Wildman–Crippen MR) is 127 cm³/mol. The van der Waals surface area contributed by atoms with Crippen molar-refractivity contribution in [2.24, 2.45) is 0 Å². The van der Waals surface area contributed by atoms with Gasteiger partial charge < -0.3 is 24.3 Å². The van der Waals surface area contributed by atoms with Gasteiger partial charge in [-0.25, -0.2) is 14.8 Å². The third-order valence-electron chi connectivity index (χ3n) is 4.67. The molecule has 3 heterocycles. The molecule has 0 aliphatic heterocycles. The largest absolute Gasteiger partial charge is 0.492 e. The Hall–Kier alpha value is -4.05. The summed E-state index contributed by atoms with van der Waals surface area (Å²) in [6, 6.07) is 14.9. The Bertz CT molecular complexity index is 1210. The maximum atomic E-state index is 10.5. The van der Waals surface area contributed by atoms with Crippen LogP contribution in [0.2, 0.25) is 0 Å². The van der Waals surface area contributed by atoms with Crippen molar-refractivity contribution in [2.45, 2.75) is 10.6 Å². The van der Waals surface area contributed by atoms with Crippen LogP contribution >= 0.6 is 11.8 Å². The van der Waals surface area contributed by atoms with E-state index in [4.69, 9.17) is 24.0 Å². The van der Waals surface area contributed by atoms with Crippen molar-refractivity contribution in [2.75, 3.05) is 20.3 Å². The summed E-state index contributed by atoms with van der Waals surface area (Å²) in [5, 5.41) is 10.9. The van der Waals surface area contributed by atoms with Crippen LogP contribution in [0.25, 0.3) is 22.6 Å². The van der Waals surface area contributed by atoms with Crippen LogP contribution in [0.5, 0.6) is 11.6 Å². The Labute approximate surface area is 200 Å². The summed E-state index contributed by atoms with van der Waals surface area (Å²) in [5.74, 6) is 2.90. The van der Waals surface area contributed by atoms with Gasteiger partial charge in [0.25, 0.3) is 0 Å². The highest BCUT2D eigenvalue weighted by Crippen LogP contribution is 2.35. The zero-order chi connectivity index (χ0) is 23.8. The van der Waals surface area contributed by atoms with Crippen LogP contribution in [-0.2, 0) is 5.75 Å². The molecule has 3 aromatic heterocycles. The van der Waals surface area contributed by atoms with E-state index in [1.54, 1.807) is 55.7 Å². The molecule has 0 atom stereocenters. The van der Waals surface area contributed by atoms with E-state index < -0.39 is 6.09 Å². The fourth-order valence-corrected chi connectivity index (χ4v) is 3.80. The third kappa shape index (κ3) is 6.04. The Morgan fingerprint density at radius 2 is 1.85 bits per heavy atom. The first-order valence-corrected chi connectivity index (χ1v) is 11.3. The average molecular weight is 479 g/mol. The van der Waals surface area contributed by atoms with Crippen LogP contribution in [0.4, 0.5) is 4.79 Å². The normalized spacial score (nSPS) is 10.6. The summed E-state index contributed by atoms with van der Waals surface area (Å²) in [7, 11) is 1.57. The fraction of sp³-hybridized carbons (Fsp3) is 0.167. The first-order valence-electron chi connectivity index (χ1n) is 10.4. The minimum atomic E-state index is -1.08. The molecular weight excluding hydrogens is 456 g/mol. The number of benzene rings is 1. The van der Waals surface area contributed by atoms with Gasteiger partial charge in [-0.15, -0.1) is 11.8 Å². The SMILES string of the molecule is COc1ccc(-c2nc(CSc3ccncc3)oc2-c2ccc(OCCNC(=O)O)cc2)cn1. The molecule has 0 saturated carbocycles. The van der Waals surface area contributed by atoms with Crippen LogP contribution in [0.15, 0.2) is 76.4 Å². The maximum Gasteiger partial charge on any atom is 0.404 e. The number of nitrogens with one attached hydrogen (secondary N) is 1. The fourth-order valence-electron chi connectivity index (χ4n) is 3.07. The minimum Gasteiger partial charge on any atom is -0.492 e. The molecule has 0 radical (unpaired) electrons. The van der Waals surface area contributed by atoms with Gasteiger partial charge in [0.2, 0.25) is 11.8 Å². The molecule has 0 bridgehead atoms. The number of hydrogen-bond donors (Lipinski definition) is 2. The number of pyridine rings is 2. The average Bonchev–Trinajstić information content (AvgIpc) is 3.30. The van der Waals surface area contributed by atoms with Crippen LogP contribution in [-0.4, -0.2) is 46.4 Å². The van der Waals surface area contributed by atoms with E-state index in [1.807, 2.05) is 30.3 Å². The van der Waals surface area contributed by atoms with E-state index in [-0.39, 0.29) is 13.2 Å². The van der Waals surface area contributed by atoms with E-state index >= 15 is 0 Å². The quantitative estimate of drug-likeness (QED) is 0.246. The van der Waals surface area contributed by atoms with Gasteiger partial charge in [-0.3, -0.25) is 4.98 Å². The lowest BCUT2D eigenvalue weighted by molar-refractivity contribution is 0.191. The molecule has 174 valence electrons. The molecule has 4 rings (SSSR count). The van der Waals surface area contributed by atoms with Crippen molar-refractivity contribution in [3.05, 3.63) is 73.0 Å². The zero-order valence-electron chi connectivity index (χ0n) is 18.3. The molecule has 0 spiro atoms. The molecule has 1 amide bonds. The smallest absolute Gasteiger partial charge is 0.404 e. The van der Waals surface area contributed by atoms with Crippen molar-refractivity contribution in [3.63, 3.8) is 0 Å². The van der Waals surface area contributed by atoms with Gasteiger partial charge in [0.05, 0.1) is 19.4 Å². The molecule has 0 aliphatic rings. The first-order chi connectivity index (χ1) is 16.6. The number of nitrogens with zero attached hydrogens (tertiary/aromatic N) is 3. The summed E-state index contributed by atoms with van der Waals surface area (Å²) >= 11 is 1.61. The highest BCUT2D eigenvalue weighted by molar-refractivity contribution is 7.98. The van der Waals surface area contributed by atoms with Gasteiger partial charge in [-0.05, 0) is 42.5 Å². The number of carbonyl (C=O) groups is 1. The van der Waals surface area contributed by atoms with E-state index in [0.29, 0.717) is 34.7 Å². The molecule has 1 aromatic carbocycles. The minimum absolute atomic E-state index is 0.201. The molecule has 34 heavy (non-hydrogen) atoms. The molecule has 2 N–H and O–H groups in total. The number of hydrogen-bond acceptors (Lipinski definition) is 8. The molecule has 0 aliphatic carbocycles. The summed E-state index contributed by atoms with van der Waals surface area (Å²) < 4.78 is 16.9. The lowest BCUT2D eigenvalue weighted by Gasteiger charge is -2.07. The molecule has 10 heteroatoms. The van der Waals surface area contributed by atoms with Crippen molar-refractivity contribution >= 4 is 17.9 Å². The van der Waals surface area contributed by atoms with Gasteiger partial charge in [0.15, 0.2) is 5.76 Å². The summed E-state index contributed by atoms with van der Waals surface area (Å²) in [5.41, 5.74) is 2.31. The summed E-state index contributed by atoms with van der Waals surface area (Å²) in [6.07, 6.45) is 4.12. The molecule has 9 nitrogen and oxygen atoms in total. The Morgan fingerprint density at radius 3 is 2.53 bits per heavy atom. The first kappa shape index (κ1) is 23.1. The van der Waals surface area contributed by atoms with Gasteiger partial charge in [-0.1, -0.05) is 0 Å². The Morgan fingerprint density at radius 1 is 1.09 bits per heavy atom. The number of amides is 1. The predicted octanol–water partition coefficient (Wildman–Crippen LogP) is 4.75. The zero-order valence-corrected chi connectivity index (χ0v) is 19.1. The number of carboxylic acid groups (broad SMARTS) is 1. The van der Waals surface area contributed by atoms with E-state index in [1.165, 1.54) is 0 Å². The number of aromatic nitrogens is 3. The molecule has 4 aromatic rings. The monoisotopic (exact) mass is 478 g/mol. The van der Waals surface area contributed by atoms with Gasteiger partial charge in [0, 0.05) is 40.7 Å². The van der Waals surface area contributed by atoms with Crippen molar-refractivity contribution in [1.29, 1.82) is 0 Å². The highest BCUT2D eigenvalue weighted by Gasteiger charge is 2.18. The van der Waals surface area contributed by atoms with Gasteiger partial charge in [0.1, 0.15) is 18.1 Å². The topological polar surface area (TPSA) is 120 Å². The Kier molecular flexibility index (Phi) is 7.61. The number of oxazole rings is 1. The van der Waals surface area contributed by atoms with E-state index in [9.17, 15) is 4.79 Å². The summed E-state index contributed by atoms with van der Waals surface area (Å²) in [6.45, 7) is 0.430. The van der Waals surface area contributed by atoms with Crippen molar-refractivity contribution in [3.8, 4) is 34.2 Å². The molecule has 0 saturated heterocycles. The molecule has 0 unspecified atom stereocenters. The van der Waals surface area contributed by atoms with Crippen molar-refractivity contribution < 1.29 is 23.8 Å². The summed E-state index contributed by atoms with van der Waals surface area (Å²) in [4.78, 5) is 24.7. The molecular formula is C24H22N4O5S. The van der Waals surface area contributed by atoms with Crippen LogP contribution < -0.4 is 14.8 Å². The van der Waals surface area contributed by atoms with E-state index in [2.05, 4.69) is 15.3 Å². The molecule has 0 fully saturated rings. The van der Waals surface area contributed by atoms with Crippen LogP contribution in [0, 0.1) is 0 Å². The number of thioether (sulfide) groups is 1. The number of ether oxygens (including phenoxy) is 2. The Balaban J connectivity index is 1.56.